The molecule has 1 aliphatic heterocycles. The number of piperidine rings is 1. The molecule has 0 radical (unpaired) electrons. The first kappa shape index (κ1) is 22.3. The summed E-state index contributed by atoms with van der Waals surface area (Å²) in [5.41, 5.74) is 4.53. The smallest absolute Gasteiger partial charge is 0.261 e. The fourth-order valence-corrected chi connectivity index (χ4v) is 5.00. The molecule has 3 heterocycles. The standard InChI is InChI=1S/C28H31N5O/c1-21-17-22(2)19-24(18-21)32(27-9-5-6-12-29-27)16-15-31-13-10-23(11-14-31)33-20-30-26-8-4-3-7-25(26)28(33)34/h3-9,12,17-20,23H,10-11,13-16H2,1-2H3. The minimum atomic E-state index is 0.0696. The maximum Gasteiger partial charge on any atom is 0.261 e. The molecule has 2 aromatic carbocycles. The van der Waals surface area contributed by atoms with Gasteiger partial charge in [-0.15, -0.1) is 0 Å². The molecule has 1 fully saturated rings. The summed E-state index contributed by atoms with van der Waals surface area (Å²) in [6, 6.07) is 20.5. The molecule has 6 nitrogen and oxygen atoms in total. The average Bonchev–Trinajstić information content (AvgIpc) is 2.85. The van der Waals surface area contributed by atoms with Crippen LogP contribution in [0.1, 0.15) is 30.0 Å². The van der Waals surface area contributed by atoms with Gasteiger partial charge in [0.1, 0.15) is 5.82 Å². The lowest BCUT2D eigenvalue weighted by Crippen LogP contribution is -2.41. The maximum absolute atomic E-state index is 13.0. The van der Waals surface area contributed by atoms with Crippen LogP contribution in [0.2, 0.25) is 0 Å². The number of nitrogens with zero attached hydrogens (tertiary/aromatic N) is 5. The first-order valence-corrected chi connectivity index (χ1v) is 12.0. The molecule has 0 bridgehead atoms. The molecule has 1 saturated heterocycles. The number of benzene rings is 2. The third-order valence-corrected chi connectivity index (χ3v) is 6.72. The normalized spacial score (nSPS) is 15.0. The lowest BCUT2D eigenvalue weighted by Gasteiger charge is -2.34. The summed E-state index contributed by atoms with van der Waals surface area (Å²) in [5.74, 6) is 0.969. The lowest BCUT2D eigenvalue weighted by atomic mass is 10.0. The number of fused-ring (bicyclic) bond motifs is 1. The zero-order chi connectivity index (χ0) is 23.5. The van der Waals surface area contributed by atoms with Gasteiger partial charge in [-0.2, -0.15) is 0 Å². The largest absolute Gasteiger partial charge is 0.325 e. The molecule has 0 spiro atoms. The van der Waals surface area contributed by atoms with Crippen LogP contribution in [0, 0.1) is 13.8 Å². The van der Waals surface area contributed by atoms with Crippen molar-refractivity contribution in [1.82, 2.24) is 19.4 Å². The molecule has 0 N–H and O–H groups in total. The van der Waals surface area contributed by atoms with E-state index in [1.807, 2.05) is 47.2 Å². The summed E-state index contributed by atoms with van der Waals surface area (Å²) >= 11 is 0. The van der Waals surface area contributed by atoms with Gasteiger partial charge in [-0.3, -0.25) is 9.36 Å². The van der Waals surface area contributed by atoms with Crippen LogP contribution in [0.4, 0.5) is 11.5 Å². The van der Waals surface area contributed by atoms with E-state index < -0.39 is 0 Å². The predicted octanol–water partition coefficient (Wildman–Crippen LogP) is 4.88. The molecule has 0 atom stereocenters. The SMILES string of the molecule is Cc1cc(C)cc(N(CCN2CCC(n3cnc4ccccc4c3=O)CC2)c2ccccn2)c1. The van der Waals surface area contributed by atoms with Crippen molar-refractivity contribution in [1.29, 1.82) is 0 Å². The fourth-order valence-electron chi connectivity index (χ4n) is 5.00. The van der Waals surface area contributed by atoms with Crippen molar-refractivity contribution in [3.8, 4) is 0 Å². The fraction of sp³-hybridized carbons (Fsp3) is 0.321. The van der Waals surface area contributed by atoms with E-state index in [4.69, 9.17) is 0 Å². The van der Waals surface area contributed by atoms with Crippen molar-refractivity contribution < 1.29 is 0 Å². The van der Waals surface area contributed by atoms with Gasteiger partial charge in [0.2, 0.25) is 0 Å². The Morgan fingerprint density at radius 2 is 1.68 bits per heavy atom. The number of rotatable bonds is 6. The minimum Gasteiger partial charge on any atom is -0.325 e. The predicted molar refractivity (Wildman–Crippen MR) is 138 cm³/mol. The maximum atomic E-state index is 13.0. The Kier molecular flexibility index (Phi) is 6.41. The Bertz CT molecular complexity index is 1310. The highest BCUT2D eigenvalue weighted by Crippen LogP contribution is 2.27. The average molecular weight is 454 g/mol. The summed E-state index contributed by atoms with van der Waals surface area (Å²) in [6.45, 7) is 8.02. The first-order valence-electron chi connectivity index (χ1n) is 12.0. The quantitative estimate of drug-likeness (QED) is 0.416. The molecule has 34 heavy (non-hydrogen) atoms. The molecule has 4 aromatic rings. The summed E-state index contributed by atoms with van der Waals surface area (Å²) in [6.07, 6.45) is 5.49. The van der Waals surface area contributed by atoms with Crippen molar-refractivity contribution in [2.45, 2.75) is 32.7 Å². The molecule has 5 rings (SSSR count). The third kappa shape index (κ3) is 4.73. The number of hydrogen-bond acceptors (Lipinski definition) is 5. The third-order valence-electron chi connectivity index (χ3n) is 6.72. The highest BCUT2D eigenvalue weighted by molar-refractivity contribution is 5.76. The lowest BCUT2D eigenvalue weighted by molar-refractivity contribution is 0.188. The summed E-state index contributed by atoms with van der Waals surface area (Å²) in [5, 5.41) is 0.701. The van der Waals surface area contributed by atoms with Crippen molar-refractivity contribution in [2.75, 3.05) is 31.1 Å². The molecule has 0 unspecified atom stereocenters. The van der Waals surface area contributed by atoms with Crippen molar-refractivity contribution in [2.24, 2.45) is 0 Å². The van der Waals surface area contributed by atoms with Crippen LogP contribution in [0.3, 0.4) is 0 Å². The van der Waals surface area contributed by atoms with Crippen LogP contribution in [-0.4, -0.2) is 45.6 Å². The molecular weight excluding hydrogens is 422 g/mol. The Morgan fingerprint density at radius 3 is 2.41 bits per heavy atom. The van der Waals surface area contributed by atoms with E-state index >= 15 is 0 Å². The van der Waals surface area contributed by atoms with Crippen LogP contribution in [0.5, 0.6) is 0 Å². The van der Waals surface area contributed by atoms with E-state index in [9.17, 15) is 4.79 Å². The van der Waals surface area contributed by atoms with Gasteiger partial charge < -0.3 is 9.80 Å². The van der Waals surface area contributed by atoms with E-state index in [0.717, 1.165) is 50.4 Å². The zero-order valence-corrected chi connectivity index (χ0v) is 19.9. The first-order chi connectivity index (χ1) is 16.6. The number of para-hydroxylation sites is 1. The highest BCUT2D eigenvalue weighted by atomic mass is 16.1. The van der Waals surface area contributed by atoms with Gasteiger partial charge >= 0.3 is 0 Å². The minimum absolute atomic E-state index is 0.0696. The number of pyridine rings is 1. The molecule has 2 aromatic heterocycles. The van der Waals surface area contributed by atoms with Gasteiger partial charge in [-0.05, 0) is 74.2 Å². The summed E-state index contributed by atoms with van der Waals surface area (Å²) < 4.78 is 1.84. The van der Waals surface area contributed by atoms with Gasteiger partial charge in [-0.1, -0.05) is 24.3 Å². The van der Waals surface area contributed by atoms with E-state index in [-0.39, 0.29) is 11.6 Å². The van der Waals surface area contributed by atoms with Gasteiger partial charge in [0, 0.05) is 44.1 Å². The van der Waals surface area contributed by atoms with E-state index in [1.54, 1.807) is 6.33 Å². The summed E-state index contributed by atoms with van der Waals surface area (Å²) in [7, 11) is 0. The number of anilines is 2. The number of likely N-dealkylation sites (tertiary alicyclic amines) is 1. The number of aromatic nitrogens is 3. The molecule has 0 saturated carbocycles. The Morgan fingerprint density at radius 1 is 0.941 bits per heavy atom. The Hall–Kier alpha value is -3.51. The highest BCUT2D eigenvalue weighted by Gasteiger charge is 2.23. The number of hydrogen-bond donors (Lipinski definition) is 0. The van der Waals surface area contributed by atoms with Crippen molar-refractivity contribution in [3.63, 3.8) is 0 Å². The molecule has 0 aliphatic carbocycles. The topological polar surface area (TPSA) is 54.3 Å². The second-order valence-corrected chi connectivity index (χ2v) is 9.23. The van der Waals surface area contributed by atoms with Crippen LogP contribution in [0.25, 0.3) is 10.9 Å². The molecule has 6 heteroatoms. The van der Waals surface area contributed by atoms with Gasteiger partial charge in [0.25, 0.3) is 5.56 Å². The number of aryl methyl sites for hydroxylation is 2. The molecule has 174 valence electrons. The van der Waals surface area contributed by atoms with Gasteiger partial charge in [-0.25, -0.2) is 9.97 Å². The van der Waals surface area contributed by atoms with Crippen LogP contribution in [-0.2, 0) is 0 Å². The van der Waals surface area contributed by atoms with E-state index in [1.165, 1.54) is 16.8 Å². The Labute approximate surface area is 200 Å². The van der Waals surface area contributed by atoms with E-state index in [2.05, 4.69) is 57.9 Å². The second kappa shape index (κ2) is 9.77. The second-order valence-electron chi connectivity index (χ2n) is 9.23. The van der Waals surface area contributed by atoms with E-state index in [0.29, 0.717) is 5.39 Å². The molecule has 0 amide bonds. The van der Waals surface area contributed by atoms with Gasteiger partial charge in [0.05, 0.1) is 17.2 Å². The van der Waals surface area contributed by atoms with Crippen LogP contribution >= 0.6 is 0 Å². The monoisotopic (exact) mass is 453 g/mol. The van der Waals surface area contributed by atoms with Crippen molar-refractivity contribution in [3.05, 3.63) is 94.7 Å². The summed E-state index contributed by atoms with van der Waals surface area (Å²) in [4.78, 5) is 26.9. The van der Waals surface area contributed by atoms with Crippen LogP contribution in [0.15, 0.2) is 78.0 Å². The van der Waals surface area contributed by atoms with Crippen LogP contribution < -0.4 is 10.5 Å². The Balaban J connectivity index is 1.27. The molecular formula is C28H31N5O. The van der Waals surface area contributed by atoms with Gasteiger partial charge in [0.15, 0.2) is 0 Å². The molecule has 1 aliphatic rings. The zero-order valence-electron chi connectivity index (χ0n) is 19.9. The van der Waals surface area contributed by atoms with Crippen molar-refractivity contribution >= 4 is 22.4 Å².